The molecule has 2 N–H and O–H groups in total. The number of hydrogen-bond donors (Lipinski definition) is 2. The zero-order valence-corrected chi connectivity index (χ0v) is 10.2. The summed E-state index contributed by atoms with van der Waals surface area (Å²) in [7, 11) is -2.14. The number of aromatic amines is 1. The summed E-state index contributed by atoms with van der Waals surface area (Å²) in [4.78, 5) is 17.8. The standard InChI is InChI=1S/C9H14N4O3S/c1-10-9(14)7-3-2-4-13(7)17(15,16)8-5-11-6-12-8/h5-7H,2-4H2,1H3,(H,10,14)(H,11,12). The summed E-state index contributed by atoms with van der Waals surface area (Å²) >= 11 is 0. The summed E-state index contributed by atoms with van der Waals surface area (Å²) in [6.45, 7) is 0.361. The molecule has 1 aliphatic heterocycles. The largest absolute Gasteiger partial charge is 0.358 e. The van der Waals surface area contributed by atoms with Gasteiger partial charge in [0.05, 0.1) is 12.5 Å². The number of carbonyl (C=O) groups is 1. The highest BCUT2D eigenvalue weighted by molar-refractivity contribution is 7.89. The van der Waals surface area contributed by atoms with Crippen LogP contribution in [0.4, 0.5) is 0 Å². The molecule has 2 rings (SSSR count). The van der Waals surface area contributed by atoms with Gasteiger partial charge in [-0.15, -0.1) is 0 Å². The molecular weight excluding hydrogens is 244 g/mol. The molecule has 2 heterocycles. The normalized spacial score (nSPS) is 21.6. The summed E-state index contributed by atoms with van der Waals surface area (Å²) in [5, 5.41) is 2.50. The van der Waals surface area contributed by atoms with E-state index in [2.05, 4.69) is 15.3 Å². The Morgan fingerprint density at radius 3 is 3.00 bits per heavy atom. The van der Waals surface area contributed by atoms with Crippen molar-refractivity contribution in [3.63, 3.8) is 0 Å². The molecule has 0 radical (unpaired) electrons. The molecule has 8 heteroatoms. The van der Waals surface area contributed by atoms with Gasteiger partial charge in [0.1, 0.15) is 6.04 Å². The van der Waals surface area contributed by atoms with Crippen LogP contribution in [0.5, 0.6) is 0 Å². The van der Waals surface area contributed by atoms with E-state index in [0.717, 1.165) is 0 Å². The molecule has 1 unspecified atom stereocenters. The summed E-state index contributed by atoms with van der Waals surface area (Å²) in [5.41, 5.74) is 0. The van der Waals surface area contributed by atoms with Crippen molar-refractivity contribution < 1.29 is 13.2 Å². The van der Waals surface area contributed by atoms with Crippen molar-refractivity contribution in [1.29, 1.82) is 0 Å². The second kappa shape index (κ2) is 4.46. The van der Waals surface area contributed by atoms with Crippen molar-refractivity contribution in [1.82, 2.24) is 19.6 Å². The van der Waals surface area contributed by atoms with Gasteiger partial charge in [0.15, 0.2) is 5.03 Å². The first-order chi connectivity index (χ1) is 8.07. The molecule has 1 fully saturated rings. The number of hydrogen-bond acceptors (Lipinski definition) is 4. The number of aromatic nitrogens is 2. The topological polar surface area (TPSA) is 95.2 Å². The Balaban J connectivity index is 2.31. The van der Waals surface area contributed by atoms with E-state index in [-0.39, 0.29) is 10.9 Å². The minimum Gasteiger partial charge on any atom is -0.358 e. The molecule has 0 saturated carbocycles. The van der Waals surface area contributed by atoms with E-state index < -0.39 is 16.1 Å². The van der Waals surface area contributed by atoms with Gasteiger partial charge in [-0.1, -0.05) is 0 Å². The van der Waals surface area contributed by atoms with E-state index in [1.54, 1.807) is 0 Å². The first kappa shape index (κ1) is 12.1. The zero-order chi connectivity index (χ0) is 12.5. The quantitative estimate of drug-likeness (QED) is 0.750. The zero-order valence-electron chi connectivity index (χ0n) is 9.38. The summed E-state index contributed by atoms with van der Waals surface area (Å²) in [6.07, 6.45) is 3.78. The first-order valence-electron chi connectivity index (χ1n) is 5.29. The van der Waals surface area contributed by atoms with Crippen molar-refractivity contribution in [2.75, 3.05) is 13.6 Å². The van der Waals surface area contributed by atoms with Gasteiger partial charge in [0.2, 0.25) is 5.91 Å². The molecule has 1 saturated heterocycles. The third-order valence-corrected chi connectivity index (χ3v) is 4.65. The van der Waals surface area contributed by atoms with Crippen molar-refractivity contribution in [3.05, 3.63) is 12.5 Å². The lowest BCUT2D eigenvalue weighted by molar-refractivity contribution is -0.123. The van der Waals surface area contributed by atoms with Crippen molar-refractivity contribution in [2.24, 2.45) is 0 Å². The van der Waals surface area contributed by atoms with E-state index in [1.165, 1.54) is 23.9 Å². The van der Waals surface area contributed by atoms with Crippen LogP contribution >= 0.6 is 0 Å². The van der Waals surface area contributed by atoms with Gasteiger partial charge in [0.25, 0.3) is 10.0 Å². The van der Waals surface area contributed by atoms with E-state index in [4.69, 9.17) is 0 Å². The smallest absolute Gasteiger partial charge is 0.260 e. The van der Waals surface area contributed by atoms with Gasteiger partial charge in [-0.2, -0.15) is 4.31 Å². The lowest BCUT2D eigenvalue weighted by atomic mass is 10.2. The van der Waals surface area contributed by atoms with E-state index in [0.29, 0.717) is 19.4 Å². The number of amides is 1. The Morgan fingerprint density at radius 2 is 2.41 bits per heavy atom. The third-order valence-electron chi connectivity index (χ3n) is 2.81. The molecule has 0 spiro atoms. The fourth-order valence-corrected chi connectivity index (χ4v) is 3.52. The van der Waals surface area contributed by atoms with E-state index in [1.807, 2.05) is 0 Å². The number of H-pyrrole nitrogens is 1. The van der Waals surface area contributed by atoms with E-state index in [9.17, 15) is 13.2 Å². The predicted octanol–water partition coefficient (Wildman–Crippen LogP) is -0.691. The molecule has 0 aliphatic carbocycles. The number of nitrogens with zero attached hydrogens (tertiary/aromatic N) is 2. The van der Waals surface area contributed by atoms with Crippen LogP contribution in [-0.4, -0.2) is 48.2 Å². The van der Waals surface area contributed by atoms with E-state index >= 15 is 0 Å². The van der Waals surface area contributed by atoms with Crippen LogP contribution in [0.2, 0.25) is 0 Å². The number of nitrogens with one attached hydrogen (secondary N) is 2. The van der Waals surface area contributed by atoms with Crippen LogP contribution in [0.15, 0.2) is 17.6 Å². The molecular formula is C9H14N4O3S. The average Bonchev–Trinajstić information content (AvgIpc) is 2.98. The van der Waals surface area contributed by atoms with Crippen molar-refractivity contribution >= 4 is 15.9 Å². The second-order valence-corrected chi connectivity index (χ2v) is 5.66. The summed E-state index contributed by atoms with van der Waals surface area (Å²) in [6, 6.07) is -0.617. The highest BCUT2D eigenvalue weighted by Gasteiger charge is 2.39. The van der Waals surface area contributed by atoms with Gasteiger partial charge in [-0.05, 0) is 12.8 Å². The summed E-state index contributed by atoms with van der Waals surface area (Å²) in [5.74, 6) is -0.273. The van der Waals surface area contributed by atoms with Gasteiger partial charge in [0, 0.05) is 13.6 Å². The number of carbonyl (C=O) groups excluding carboxylic acids is 1. The average molecular weight is 258 g/mol. The van der Waals surface area contributed by atoms with Crippen LogP contribution < -0.4 is 5.32 Å². The first-order valence-corrected chi connectivity index (χ1v) is 6.73. The molecule has 1 aromatic heterocycles. The molecule has 94 valence electrons. The van der Waals surface area contributed by atoms with Gasteiger partial charge in [-0.25, -0.2) is 13.4 Å². The number of rotatable bonds is 3. The molecule has 1 amide bonds. The molecule has 1 aliphatic rings. The monoisotopic (exact) mass is 258 g/mol. The van der Waals surface area contributed by atoms with Crippen LogP contribution in [0.25, 0.3) is 0 Å². The predicted molar refractivity (Wildman–Crippen MR) is 59.6 cm³/mol. The minimum absolute atomic E-state index is 0.0216. The van der Waals surface area contributed by atoms with Crippen LogP contribution in [0.1, 0.15) is 12.8 Å². The Bertz CT molecular complexity index is 496. The molecule has 0 bridgehead atoms. The number of likely N-dealkylation sites (N-methyl/N-ethyl adjacent to an activating group) is 1. The Labute approximate surface area is 99.3 Å². The number of imidazole rings is 1. The fourth-order valence-electron chi connectivity index (χ4n) is 1.97. The lowest BCUT2D eigenvalue weighted by Crippen LogP contribution is -2.44. The van der Waals surface area contributed by atoms with Crippen LogP contribution in [-0.2, 0) is 14.8 Å². The van der Waals surface area contributed by atoms with Crippen LogP contribution in [0, 0.1) is 0 Å². The highest BCUT2D eigenvalue weighted by Crippen LogP contribution is 2.24. The molecule has 7 nitrogen and oxygen atoms in total. The Kier molecular flexibility index (Phi) is 3.16. The van der Waals surface area contributed by atoms with Crippen LogP contribution in [0.3, 0.4) is 0 Å². The fraction of sp³-hybridized carbons (Fsp3) is 0.556. The lowest BCUT2D eigenvalue weighted by Gasteiger charge is -2.21. The van der Waals surface area contributed by atoms with Crippen molar-refractivity contribution in [3.8, 4) is 0 Å². The highest BCUT2D eigenvalue weighted by atomic mass is 32.2. The Hall–Kier alpha value is -1.41. The SMILES string of the molecule is CNC(=O)C1CCCN1S(=O)(=O)c1cnc[nH]1. The van der Waals surface area contributed by atoms with Gasteiger partial charge < -0.3 is 10.3 Å². The maximum absolute atomic E-state index is 12.2. The second-order valence-electron chi connectivity index (χ2n) is 3.80. The summed E-state index contributed by atoms with van der Waals surface area (Å²) < 4.78 is 25.6. The minimum atomic E-state index is -3.65. The third kappa shape index (κ3) is 2.05. The molecule has 1 aromatic rings. The maximum Gasteiger partial charge on any atom is 0.260 e. The number of sulfonamides is 1. The maximum atomic E-state index is 12.2. The Morgan fingerprint density at radius 1 is 1.65 bits per heavy atom. The van der Waals surface area contributed by atoms with Gasteiger partial charge in [-0.3, -0.25) is 4.79 Å². The van der Waals surface area contributed by atoms with Crippen molar-refractivity contribution in [2.45, 2.75) is 23.9 Å². The van der Waals surface area contributed by atoms with Gasteiger partial charge >= 0.3 is 0 Å². The molecule has 17 heavy (non-hydrogen) atoms. The molecule has 1 atom stereocenters. The molecule has 0 aromatic carbocycles.